The topological polar surface area (TPSA) is 52.1 Å². The second kappa shape index (κ2) is 4.11. The van der Waals surface area contributed by atoms with Crippen molar-refractivity contribution in [2.24, 2.45) is 5.92 Å². The van der Waals surface area contributed by atoms with Crippen molar-refractivity contribution in [2.75, 3.05) is 20.1 Å². The molecule has 0 aromatic carbocycles. The van der Waals surface area contributed by atoms with Crippen LogP contribution in [0.25, 0.3) is 0 Å². The minimum absolute atomic E-state index is 0.0531. The van der Waals surface area contributed by atoms with Gasteiger partial charge in [0.2, 0.25) is 0 Å². The number of aromatic nitrogens is 2. The number of likely N-dealkylation sites (tertiary alicyclic amines) is 1. The molecular weight excluding hydrogens is 178 g/mol. The minimum atomic E-state index is 0.0531. The van der Waals surface area contributed by atoms with E-state index in [-0.39, 0.29) is 6.61 Å². The smallest absolute Gasteiger partial charge is 0.0847 e. The number of aliphatic hydroxyl groups is 1. The fraction of sp³-hybridized carbons (Fsp3) is 0.700. The number of H-pyrrole nitrogens is 1. The molecule has 2 heterocycles. The average Bonchev–Trinajstić information content (AvgIpc) is 2.76. The van der Waals surface area contributed by atoms with Crippen LogP contribution in [0.3, 0.4) is 0 Å². The second-order valence-corrected chi connectivity index (χ2v) is 4.16. The summed E-state index contributed by atoms with van der Waals surface area (Å²) in [6, 6.07) is 1.96. The van der Waals surface area contributed by atoms with E-state index in [1.54, 1.807) is 0 Å². The van der Waals surface area contributed by atoms with Crippen LogP contribution in [0, 0.1) is 5.92 Å². The normalized spacial score (nSPS) is 23.1. The van der Waals surface area contributed by atoms with Gasteiger partial charge in [-0.05, 0) is 38.4 Å². The van der Waals surface area contributed by atoms with E-state index in [9.17, 15) is 0 Å². The van der Waals surface area contributed by atoms with E-state index in [4.69, 9.17) is 5.11 Å². The van der Waals surface area contributed by atoms with Gasteiger partial charge in [0.25, 0.3) is 0 Å². The molecule has 0 amide bonds. The lowest BCUT2D eigenvalue weighted by atomic mass is 10.0. The van der Waals surface area contributed by atoms with Gasteiger partial charge >= 0.3 is 0 Å². The van der Waals surface area contributed by atoms with Crippen LogP contribution in [-0.2, 0) is 13.0 Å². The van der Waals surface area contributed by atoms with Gasteiger partial charge in [-0.15, -0.1) is 0 Å². The SMILES string of the molecule is CN1CCC(Cc2cc(CO)[nH]n2)C1. The number of hydrogen-bond acceptors (Lipinski definition) is 3. The zero-order valence-corrected chi connectivity index (χ0v) is 8.53. The fourth-order valence-electron chi connectivity index (χ4n) is 2.08. The maximum Gasteiger partial charge on any atom is 0.0847 e. The number of rotatable bonds is 3. The maximum absolute atomic E-state index is 8.87. The van der Waals surface area contributed by atoms with Crippen LogP contribution < -0.4 is 0 Å². The largest absolute Gasteiger partial charge is 0.390 e. The van der Waals surface area contributed by atoms with Crippen molar-refractivity contribution in [1.82, 2.24) is 15.1 Å². The molecule has 0 radical (unpaired) electrons. The molecular formula is C10H17N3O. The van der Waals surface area contributed by atoms with E-state index in [0.29, 0.717) is 0 Å². The van der Waals surface area contributed by atoms with Crippen LogP contribution in [0.2, 0.25) is 0 Å². The lowest BCUT2D eigenvalue weighted by Crippen LogP contribution is -2.15. The molecule has 1 aliphatic heterocycles. The van der Waals surface area contributed by atoms with Crippen LogP contribution in [-0.4, -0.2) is 40.3 Å². The molecule has 2 N–H and O–H groups in total. The molecule has 1 aromatic heterocycles. The zero-order chi connectivity index (χ0) is 9.97. The predicted molar refractivity (Wildman–Crippen MR) is 53.8 cm³/mol. The summed E-state index contributed by atoms with van der Waals surface area (Å²) in [5, 5.41) is 15.9. The van der Waals surface area contributed by atoms with Crippen molar-refractivity contribution in [1.29, 1.82) is 0 Å². The first kappa shape index (κ1) is 9.68. The average molecular weight is 195 g/mol. The molecule has 4 heteroatoms. The van der Waals surface area contributed by atoms with E-state index in [1.807, 2.05) is 6.07 Å². The predicted octanol–water partition coefficient (Wildman–Crippen LogP) is 0.396. The molecule has 1 unspecified atom stereocenters. The highest BCUT2D eigenvalue weighted by Gasteiger charge is 2.20. The maximum atomic E-state index is 8.87. The van der Waals surface area contributed by atoms with Crippen LogP contribution in [0.4, 0.5) is 0 Å². The zero-order valence-electron chi connectivity index (χ0n) is 8.53. The first-order chi connectivity index (χ1) is 6.78. The Kier molecular flexibility index (Phi) is 2.84. The number of aliphatic hydroxyl groups excluding tert-OH is 1. The third-order valence-electron chi connectivity index (χ3n) is 2.84. The molecule has 1 aliphatic rings. The molecule has 78 valence electrons. The number of nitrogens with one attached hydrogen (secondary N) is 1. The Hall–Kier alpha value is -0.870. The molecule has 0 spiro atoms. The Morgan fingerprint density at radius 1 is 1.71 bits per heavy atom. The minimum Gasteiger partial charge on any atom is -0.390 e. The molecule has 2 rings (SSSR count). The van der Waals surface area contributed by atoms with Crippen LogP contribution in [0.5, 0.6) is 0 Å². The molecule has 1 atom stereocenters. The summed E-state index contributed by atoms with van der Waals surface area (Å²) in [5.41, 5.74) is 1.89. The van der Waals surface area contributed by atoms with Gasteiger partial charge in [0.15, 0.2) is 0 Å². The van der Waals surface area contributed by atoms with Crippen molar-refractivity contribution in [3.8, 4) is 0 Å². The summed E-state index contributed by atoms with van der Waals surface area (Å²) < 4.78 is 0. The van der Waals surface area contributed by atoms with Crippen molar-refractivity contribution >= 4 is 0 Å². The molecule has 0 bridgehead atoms. The molecule has 1 saturated heterocycles. The van der Waals surface area contributed by atoms with Gasteiger partial charge in [0.05, 0.1) is 18.0 Å². The molecule has 1 aromatic rings. The number of nitrogens with zero attached hydrogens (tertiary/aromatic N) is 2. The van der Waals surface area contributed by atoms with E-state index in [0.717, 1.165) is 23.7 Å². The number of hydrogen-bond donors (Lipinski definition) is 2. The Morgan fingerprint density at radius 3 is 3.14 bits per heavy atom. The highest BCUT2D eigenvalue weighted by atomic mass is 16.3. The van der Waals surface area contributed by atoms with Gasteiger partial charge in [-0.25, -0.2) is 0 Å². The molecule has 0 saturated carbocycles. The quantitative estimate of drug-likeness (QED) is 0.734. The summed E-state index contributed by atoms with van der Waals surface area (Å²) in [4.78, 5) is 2.35. The summed E-state index contributed by atoms with van der Waals surface area (Å²) in [6.07, 6.45) is 2.29. The van der Waals surface area contributed by atoms with E-state index in [2.05, 4.69) is 22.1 Å². The summed E-state index contributed by atoms with van der Waals surface area (Å²) in [5.74, 6) is 0.731. The second-order valence-electron chi connectivity index (χ2n) is 4.16. The Labute approximate surface area is 83.9 Å². The van der Waals surface area contributed by atoms with E-state index in [1.165, 1.54) is 19.5 Å². The molecule has 1 fully saturated rings. The van der Waals surface area contributed by atoms with Gasteiger partial charge in [-0.2, -0.15) is 5.10 Å². The first-order valence-corrected chi connectivity index (χ1v) is 5.10. The summed E-state index contributed by atoms with van der Waals surface area (Å²) in [6.45, 7) is 2.42. The third kappa shape index (κ3) is 2.13. The summed E-state index contributed by atoms with van der Waals surface area (Å²) in [7, 11) is 2.16. The lowest BCUT2D eigenvalue weighted by molar-refractivity contribution is 0.276. The van der Waals surface area contributed by atoms with Gasteiger partial charge in [-0.1, -0.05) is 0 Å². The Morgan fingerprint density at radius 2 is 2.57 bits per heavy atom. The highest BCUT2D eigenvalue weighted by molar-refractivity contribution is 5.08. The highest BCUT2D eigenvalue weighted by Crippen LogP contribution is 2.18. The molecule has 4 nitrogen and oxygen atoms in total. The first-order valence-electron chi connectivity index (χ1n) is 5.10. The Bertz CT molecular complexity index is 297. The fourth-order valence-corrected chi connectivity index (χ4v) is 2.08. The van der Waals surface area contributed by atoms with Crippen molar-refractivity contribution in [2.45, 2.75) is 19.4 Å². The molecule has 14 heavy (non-hydrogen) atoms. The van der Waals surface area contributed by atoms with Crippen molar-refractivity contribution < 1.29 is 5.11 Å². The van der Waals surface area contributed by atoms with Gasteiger partial charge < -0.3 is 10.0 Å². The third-order valence-corrected chi connectivity index (χ3v) is 2.84. The van der Waals surface area contributed by atoms with Crippen LogP contribution in [0.1, 0.15) is 17.8 Å². The van der Waals surface area contributed by atoms with Gasteiger partial charge in [0, 0.05) is 6.54 Å². The summed E-state index contributed by atoms with van der Waals surface area (Å²) >= 11 is 0. The Balaban J connectivity index is 1.90. The van der Waals surface area contributed by atoms with Gasteiger partial charge in [-0.3, -0.25) is 5.10 Å². The van der Waals surface area contributed by atoms with E-state index < -0.39 is 0 Å². The standard InChI is InChI=1S/C10H17N3O/c1-13-3-2-8(6-13)4-9-5-10(7-14)12-11-9/h5,8,14H,2-4,6-7H2,1H3,(H,11,12). The lowest BCUT2D eigenvalue weighted by Gasteiger charge is -2.07. The van der Waals surface area contributed by atoms with Crippen LogP contribution in [0.15, 0.2) is 6.07 Å². The molecule has 0 aliphatic carbocycles. The van der Waals surface area contributed by atoms with Crippen molar-refractivity contribution in [3.05, 3.63) is 17.5 Å². The van der Waals surface area contributed by atoms with Crippen molar-refractivity contribution in [3.63, 3.8) is 0 Å². The van der Waals surface area contributed by atoms with Crippen LogP contribution >= 0.6 is 0 Å². The van der Waals surface area contributed by atoms with E-state index >= 15 is 0 Å². The van der Waals surface area contributed by atoms with Gasteiger partial charge in [0.1, 0.15) is 0 Å². The number of aromatic amines is 1. The monoisotopic (exact) mass is 195 g/mol.